The molecule has 192 valence electrons. The number of carbonyl (C=O) groups is 1. The van der Waals surface area contributed by atoms with Crippen LogP contribution >= 0.6 is 30.3 Å². The fourth-order valence-corrected chi connectivity index (χ4v) is 4.93. The first-order valence-electron chi connectivity index (χ1n) is 11.1. The van der Waals surface area contributed by atoms with Crippen LogP contribution in [0.4, 0.5) is 5.69 Å². The topological polar surface area (TPSA) is 108 Å². The summed E-state index contributed by atoms with van der Waals surface area (Å²) in [7, 11) is -0.937. The number of amides is 1. The van der Waals surface area contributed by atoms with Crippen molar-refractivity contribution >= 4 is 47.2 Å². The molecular formula is C25H24Cl2N5O4P. The number of halogens is 2. The molecule has 4 aromatic rings. The highest BCUT2D eigenvalue weighted by Gasteiger charge is 2.21. The zero-order valence-corrected chi connectivity index (χ0v) is 22.9. The number of ether oxygens (including phenoxy) is 1. The van der Waals surface area contributed by atoms with Gasteiger partial charge in [0.2, 0.25) is 5.91 Å². The SMILES string of the molecule is COc1cn([C@@H](C)C(=O)Nc2ccc(P(C)(C)=O)cc2)c(=O)cc1-c1cc(Cl)ccc1-n1cc(Cl)nn1. The minimum absolute atomic E-state index is 0.205. The standard InChI is InChI=1S/C25H24Cl2N5O4P/c1-15(25(34)28-17-6-8-18(9-7-17)37(3,4)35)31-13-22(36-2)20(12-24(31)33)19-11-16(26)5-10-21(19)32-14-23(27)29-30-32/h5-15H,1-4H3,(H,28,34)/t15-/m0/s1. The lowest BCUT2D eigenvalue weighted by Gasteiger charge is -2.19. The zero-order chi connectivity index (χ0) is 26.9. The van der Waals surface area contributed by atoms with Gasteiger partial charge in [-0.2, -0.15) is 0 Å². The average Bonchev–Trinajstić information content (AvgIpc) is 3.29. The highest BCUT2D eigenvalue weighted by atomic mass is 35.5. The van der Waals surface area contributed by atoms with Gasteiger partial charge in [0.1, 0.15) is 18.9 Å². The number of anilines is 1. The fraction of sp³-hybridized carbons (Fsp3) is 0.200. The summed E-state index contributed by atoms with van der Waals surface area (Å²) in [5.41, 5.74) is 1.71. The Morgan fingerprint density at radius 3 is 2.35 bits per heavy atom. The number of hydrogen-bond acceptors (Lipinski definition) is 6. The summed E-state index contributed by atoms with van der Waals surface area (Å²) in [5, 5.41) is 12.0. The summed E-state index contributed by atoms with van der Waals surface area (Å²) in [6.45, 7) is 4.97. The largest absolute Gasteiger partial charge is 0.495 e. The Hall–Kier alpha value is -3.39. The number of nitrogens with zero attached hydrogens (tertiary/aromatic N) is 4. The van der Waals surface area contributed by atoms with Crippen LogP contribution in [-0.2, 0) is 9.36 Å². The van der Waals surface area contributed by atoms with Crippen molar-refractivity contribution in [1.82, 2.24) is 19.6 Å². The molecule has 37 heavy (non-hydrogen) atoms. The number of aromatic nitrogens is 4. The second-order valence-corrected chi connectivity index (χ2v) is 12.8. The van der Waals surface area contributed by atoms with Crippen LogP contribution in [0.1, 0.15) is 13.0 Å². The molecule has 12 heteroatoms. The van der Waals surface area contributed by atoms with E-state index in [1.54, 1.807) is 62.7 Å². The van der Waals surface area contributed by atoms with E-state index in [1.165, 1.54) is 34.8 Å². The maximum absolute atomic E-state index is 13.2. The molecule has 0 aliphatic rings. The quantitative estimate of drug-likeness (QED) is 0.324. The highest BCUT2D eigenvalue weighted by Crippen LogP contribution is 2.36. The normalized spacial score (nSPS) is 12.3. The van der Waals surface area contributed by atoms with E-state index in [1.807, 2.05) is 0 Å². The Morgan fingerprint density at radius 2 is 1.76 bits per heavy atom. The summed E-state index contributed by atoms with van der Waals surface area (Å²) >= 11 is 12.2. The highest BCUT2D eigenvalue weighted by molar-refractivity contribution is 7.70. The second-order valence-electron chi connectivity index (χ2n) is 8.71. The molecule has 0 unspecified atom stereocenters. The van der Waals surface area contributed by atoms with Gasteiger partial charge in [-0.15, -0.1) is 5.10 Å². The molecule has 1 N–H and O–H groups in total. The Bertz CT molecular complexity index is 1580. The lowest BCUT2D eigenvalue weighted by molar-refractivity contribution is -0.118. The molecular weight excluding hydrogens is 536 g/mol. The number of benzene rings is 2. The summed E-state index contributed by atoms with van der Waals surface area (Å²) in [6, 6.07) is 12.4. The molecule has 9 nitrogen and oxygen atoms in total. The van der Waals surface area contributed by atoms with Crippen molar-refractivity contribution in [2.24, 2.45) is 0 Å². The van der Waals surface area contributed by atoms with E-state index in [4.69, 9.17) is 27.9 Å². The molecule has 2 aromatic carbocycles. The van der Waals surface area contributed by atoms with Gasteiger partial charge in [0.05, 0.1) is 25.2 Å². The number of pyridine rings is 1. The van der Waals surface area contributed by atoms with E-state index in [0.29, 0.717) is 38.6 Å². The molecule has 0 fully saturated rings. The summed E-state index contributed by atoms with van der Waals surface area (Å²) < 4.78 is 20.6. The number of rotatable bonds is 7. The summed E-state index contributed by atoms with van der Waals surface area (Å²) in [6.07, 6.45) is 3.01. The molecule has 0 spiro atoms. The average molecular weight is 560 g/mol. The lowest BCUT2D eigenvalue weighted by Crippen LogP contribution is -2.31. The second kappa shape index (κ2) is 10.5. The number of hydrogen-bond donors (Lipinski definition) is 1. The molecule has 0 saturated carbocycles. The van der Waals surface area contributed by atoms with Gasteiger partial charge in [-0.1, -0.05) is 28.4 Å². The van der Waals surface area contributed by atoms with Gasteiger partial charge in [-0.05, 0) is 62.7 Å². The molecule has 0 bridgehead atoms. The first-order valence-corrected chi connectivity index (χ1v) is 14.5. The predicted octanol–water partition coefficient (Wildman–Crippen LogP) is 4.86. The smallest absolute Gasteiger partial charge is 0.252 e. The maximum Gasteiger partial charge on any atom is 0.252 e. The van der Waals surface area contributed by atoms with E-state index in [9.17, 15) is 14.2 Å². The van der Waals surface area contributed by atoms with Crippen molar-refractivity contribution in [2.75, 3.05) is 25.8 Å². The molecule has 0 aliphatic carbocycles. The van der Waals surface area contributed by atoms with Gasteiger partial charge >= 0.3 is 0 Å². The van der Waals surface area contributed by atoms with E-state index >= 15 is 0 Å². The molecule has 4 rings (SSSR count). The third-order valence-electron chi connectivity index (χ3n) is 5.78. The minimum Gasteiger partial charge on any atom is -0.495 e. The van der Waals surface area contributed by atoms with Crippen LogP contribution < -0.4 is 20.9 Å². The third kappa shape index (κ3) is 5.80. The molecule has 1 atom stereocenters. The predicted molar refractivity (Wildman–Crippen MR) is 146 cm³/mol. The maximum atomic E-state index is 13.2. The van der Waals surface area contributed by atoms with Crippen molar-refractivity contribution in [1.29, 1.82) is 0 Å². The number of nitrogens with one attached hydrogen (secondary N) is 1. The van der Waals surface area contributed by atoms with Crippen molar-refractivity contribution in [3.8, 4) is 22.6 Å². The Balaban J connectivity index is 1.68. The molecule has 0 aliphatic heterocycles. The van der Waals surface area contributed by atoms with E-state index in [-0.39, 0.29) is 5.15 Å². The van der Waals surface area contributed by atoms with Crippen LogP contribution in [0.2, 0.25) is 10.2 Å². The first kappa shape index (κ1) is 26.7. The summed E-state index contributed by atoms with van der Waals surface area (Å²) in [5.74, 6) is -0.0542. The molecule has 2 aromatic heterocycles. The van der Waals surface area contributed by atoms with Crippen molar-refractivity contribution in [3.63, 3.8) is 0 Å². The summed E-state index contributed by atoms with van der Waals surface area (Å²) in [4.78, 5) is 26.2. The van der Waals surface area contributed by atoms with Crippen LogP contribution in [0.25, 0.3) is 16.8 Å². The van der Waals surface area contributed by atoms with Gasteiger partial charge in [0.25, 0.3) is 5.56 Å². The van der Waals surface area contributed by atoms with Crippen LogP contribution in [0.5, 0.6) is 5.75 Å². The molecule has 0 saturated heterocycles. The Labute approximate surface area is 223 Å². The molecule has 2 heterocycles. The Kier molecular flexibility index (Phi) is 7.59. The van der Waals surface area contributed by atoms with Gasteiger partial charge < -0.3 is 14.6 Å². The van der Waals surface area contributed by atoms with E-state index < -0.39 is 24.7 Å². The molecule has 0 radical (unpaired) electrons. The van der Waals surface area contributed by atoms with E-state index in [2.05, 4.69) is 15.6 Å². The fourth-order valence-electron chi connectivity index (χ4n) is 3.77. The van der Waals surface area contributed by atoms with Gasteiger partial charge in [-0.3, -0.25) is 14.2 Å². The van der Waals surface area contributed by atoms with Crippen molar-refractivity contribution in [2.45, 2.75) is 13.0 Å². The van der Waals surface area contributed by atoms with Crippen molar-refractivity contribution in [3.05, 3.63) is 81.5 Å². The van der Waals surface area contributed by atoms with Crippen LogP contribution in [-0.4, -0.2) is 45.9 Å². The molecule has 1 amide bonds. The first-order chi connectivity index (χ1) is 17.5. The zero-order valence-electron chi connectivity index (χ0n) is 20.5. The van der Waals surface area contributed by atoms with Crippen LogP contribution in [0.3, 0.4) is 0 Å². The number of carbonyl (C=O) groups excluding carboxylic acids is 1. The van der Waals surface area contributed by atoms with Crippen molar-refractivity contribution < 1.29 is 14.1 Å². The van der Waals surface area contributed by atoms with Gasteiger partial charge in [0.15, 0.2) is 5.15 Å². The van der Waals surface area contributed by atoms with Gasteiger partial charge in [0, 0.05) is 33.2 Å². The minimum atomic E-state index is -2.41. The van der Waals surface area contributed by atoms with Crippen LogP contribution in [0, 0.1) is 0 Å². The monoisotopic (exact) mass is 559 g/mol. The lowest BCUT2D eigenvalue weighted by atomic mass is 10.0. The van der Waals surface area contributed by atoms with Gasteiger partial charge in [-0.25, -0.2) is 4.68 Å². The Morgan fingerprint density at radius 1 is 1.05 bits per heavy atom. The van der Waals surface area contributed by atoms with E-state index in [0.717, 1.165) is 0 Å². The number of methoxy groups -OCH3 is 1. The van der Waals surface area contributed by atoms with Crippen LogP contribution in [0.15, 0.2) is 65.7 Å². The third-order valence-corrected chi connectivity index (χ3v) is 7.73.